The largest absolute Gasteiger partial charge is 0.493 e. The number of hydrogen-bond donors (Lipinski definition) is 0. The molecule has 0 aromatic heterocycles. The van der Waals surface area contributed by atoms with Gasteiger partial charge >= 0.3 is 0 Å². The highest BCUT2D eigenvalue weighted by atomic mass is 32.2. The number of nitriles is 1. The summed E-state index contributed by atoms with van der Waals surface area (Å²) < 4.78 is 5.54. The van der Waals surface area contributed by atoms with Crippen LogP contribution in [0.4, 0.5) is 0 Å². The summed E-state index contributed by atoms with van der Waals surface area (Å²) in [5.74, 6) is 2.75. The zero-order valence-electron chi connectivity index (χ0n) is 8.90. The maximum Gasteiger partial charge on any atom is 0.119 e. The number of aryl methyl sites for hydroxylation is 1. The molecule has 0 aliphatic heterocycles. The molecule has 3 heteroatoms. The lowest BCUT2D eigenvalue weighted by Gasteiger charge is -2.05. The highest BCUT2D eigenvalue weighted by Crippen LogP contribution is 2.12. The summed E-state index contributed by atoms with van der Waals surface area (Å²) in [6.07, 6.45) is 0.620. The molecule has 0 aliphatic carbocycles. The Bertz CT molecular complexity index is 315. The van der Waals surface area contributed by atoms with Gasteiger partial charge in [0.05, 0.1) is 12.7 Å². The van der Waals surface area contributed by atoms with Crippen molar-refractivity contribution >= 4 is 11.8 Å². The molecule has 1 aromatic carbocycles. The standard InChI is InChI=1S/C12H15NOS/c1-11-3-5-12(6-4-11)14-8-10-15-9-2-7-13/h3-6H,2,8-10H2,1H3. The topological polar surface area (TPSA) is 33.0 Å². The van der Waals surface area contributed by atoms with E-state index in [9.17, 15) is 0 Å². The average molecular weight is 221 g/mol. The molecule has 0 atom stereocenters. The van der Waals surface area contributed by atoms with Crippen LogP contribution in [0.2, 0.25) is 0 Å². The second kappa shape index (κ2) is 7.19. The number of hydrogen-bond acceptors (Lipinski definition) is 3. The van der Waals surface area contributed by atoms with E-state index in [1.807, 2.05) is 24.3 Å². The molecule has 15 heavy (non-hydrogen) atoms. The van der Waals surface area contributed by atoms with E-state index < -0.39 is 0 Å². The van der Waals surface area contributed by atoms with Crippen LogP contribution in [-0.2, 0) is 0 Å². The van der Waals surface area contributed by atoms with Crippen LogP contribution >= 0.6 is 11.8 Å². The Morgan fingerprint density at radius 1 is 1.27 bits per heavy atom. The highest BCUT2D eigenvalue weighted by molar-refractivity contribution is 7.99. The minimum Gasteiger partial charge on any atom is -0.493 e. The molecule has 0 unspecified atom stereocenters. The summed E-state index contributed by atoms with van der Waals surface area (Å²) in [4.78, 5) is 0. The molecule has 0 bridgehead atoms. The fraction of sp³-hybridized carbons (Fsp3) is 0.417. The minimum atomic E-state index is 0.620. The molecule has 0 heterocycles. The van der Waals surface area contributed by atoms with Crippen LogP contribution in [0.15, 0.2) is 24.3 Å². The van der Waals surface area contributed by atoms with Crippen LogP contribution in [0, 0.1) is 18.3 Å². The molecular weight excluding hydrogens is 206 g/mol. The summed E-state index contributed by atoms with van der Waals surface area (Å²) >= 11 is 1.75. The van der Waals surface area contributed by atoms with E-state index in [1.165, 1.54) is 5.56 Å². The fourth-order valence-corrected chi connectivity index (χ4v) is 1.71. The predicted molar refractivity (Wildman–Crippen MR) is 64.2 cm³/mol. The van der Waals surface area contributed by atoms with Crippen molar-refractivity contribution in [2.75, 3.05) is 18.1 Å². The van der Waals surface area contributed by atoms with Gasteiger partial charge in [-0.25, -0.2) is 0 Å². The molecule has 0 amide bonds. The average Bonchev–Trinajstić information content (AvgIpc) is 2.26. The summed E-state index contributed by atoms with van der Waals surface area (Å²) in [7, 11) is 0. The van der Waals surface area contributed by atoms with Crippen LogP contribution in [0.3, 0.4) is 0 Å². The normalized spacial score (nSPS) is 9.60. The van der Waals surface area contributed by atoms with Crippen LogP contribution < -0.4 is 4.74 Å². The summed E-state index contributed by atoms with van der Waals surface area (Å²) in [5, 5.41) is 8.33. The number of ether oxygens (including phenoxy) is 1. The van der Waals surface area contributed by atoms with Crippen molar-refractivity contribution in [1.82, 2.24) is 0 Å². The van der Waals surface area contributed by atoms with E-state index in [1.54, 1.807) is 11.8 Å². The second-order valence-electron chi connectivity index (χ2n) is 3.18. The van der Waals surface area contributed by atoms with E-state index in [0.29, 0.717) is 13.0 Å². The Kier molecular flexibility index (Phi) is 5.72. The van der Waals surface area contributed by atoms with E-state index >= 15 is 0 Å². The third-order valence-electron chi connectivity index (χ3n) is 1.88. The Morgan fingerprint density at radius 3 is 2.67 bits per heavy atom. The van der Waals surface area contributed by atoms with Gasteiger partial charge in [-0.1, -0.05) is 17.7 Å². The quantitative estimate of drug-likeness (QED) is 0.692. The van der Waals surface area contributed by atoms with Gasteiger partial charge in [0.1, 0.15) is 5.75 Å². The Balaban J connectivity index is 2.10. The summed E-state index contributed by atoms with van der Waals surface area (Å²) in [6, 6.07) is 10.2. The first-order valence-electron chi connectivity index (χ1n) is 4.97. The van der Waals surface area contributed by atoms with Crippen LogP contribution in [0.25, 0.3) is 0 Å². The molecule has 0 aliphatic rings. The molecule has 0 saturated carbocycles. The number of benzene rings is 1. The smallest absolute Gasteiger partial charge is 0.119 e. The lowest BCUT2D eigenvalue weighted by atomic mass is 10.2. The maximum absolute atomic E-state index is 8.33. The number of nitrogens with zero attached hydrogens (tertiary/aromatic N) is 1. The fourth-order valence-electron chi connectivity index (χ4n) is 1.07. The zero-order chi connectivity index (χ0) is 10.9. The van der Waals surface area contributed by atoms with Gasteiger partial charge in [0, 0.05) is 17.9 Å². The van der Waals surface area contributed by atoms with Gasteiger partial charge in [-0.2, -0.15) is 17.0 Å². The van der Waals surface area contributed by atoms with Crippen molar-refractivity contribution in [2.45, 2.75) is 13.3 Å². The molecule has 1 rings (SSSR count). The van der Waals surface area contributed by atoms with Crippen molar-refractivity contribution < 1.29 is 4.74 Å². The van der Waals surface area contributed by atoms with E-state index in [4.69, 9.17) is 10.00 Å². The predicted octanol–water partition coefficient (Wildman–Crippen LogP) is 3.02. The molecule has 0 radical (unpaired) electrons. The monoisotopic (exact) mass is 221 g/mol. The molecule has 2 nitrogen and oxygen atoms in total. The van der Waals surface area contributed by atoms with Crippen LogP contribution in [0.5, 0.6) is 5.75 Å². The molecular formula is C12H15NOS. The first kappa shape index (κ1) is 11.9. The van der Waals surface area contributed by atoms with Gasteiger partial charge < -0.3 is 4.74 Å². The first-order valence-corrected chi connectivity index (χ1v) is 6.12. The lowest BCUT2D eigenvalue weighted by Crippen LogP contribution is -2.00. The number of thioether (sulfide) groups is 1. The third kappa shape index (κ3) is 5.34. The van der Waals surface area contributed by atoms with Crippen molar-refractivity contribution in [3.63, 3.8) is 0 Å². The maximum atomic E-state index is 8.33. The van der Waals surface area contributed by atoms with Gasteiger partial charge in [0.2, 0.25) is 0 Å². The molecule has 0 spiro atoms. The zero-order valence-corrected chi connectivity index (χ0v) is 9.72. The van der Waals surface area contributed by atoms with Crippen LogP contribution in [-0.4, -0.2) is 18.1 Å². The van der Waals surface area contributed by atoms with Gasteiger partial charge in [0.15, 0.2) is 0 Å². The van der Waals surface area contributed by atoms with Gasteiger partial charge in [-0.05, 0) is 19.1 Å². The minimum absolute atomic E-state index is 0.620. The third-order valence-corrected chi connectivity index (χ3v) is 2.82. The number of rotatable bonds is 6. The van der Waals surface area contributed by atoms with Crippen molar-refractivity contribution in [3.8, 4) is 11.8 Å². The molecule has 0 fully saturated rings. The van der Waals surface area contributed by atoms with E-state index in [0.717, 1.165) is 17.3 Å². The molecule has 1 aromatic rings. The van der Waals surface area contributed by atoms with E-state index in [-0.39, 0.29) is 0 Å². The van der Waals surface area contributed by atoms with Gasteiger partial charge in [0.25, 0.3) is 0 Å². The Hall–Kier alpha value is -1.14. The molecule has 80 valence electrons. The van der Waals surface area contributed by atoms with Crippen molar-refractivity contribution in [3.05, 3.63) is 29.8 Å². The first-order chi connectivity index (χ1) is 7.33. The Labute approximate surface area is 95.3 Å². The van der Waals surface area contributed by atoms with Gasteiger partial charge in [-0.3, -0.25) is 0 Å². The molecule has 0 saturated heterocycles. The summed E-state index contributed by atoms with van der Waals surface area (Å²) in [6.45, 7) is 2.76. The molecule has 0 N–H and O–H groups in total. The van der Waals surface area contributed by atoms with Gasteiger partial charge in [-0.15, -0.1) is 0 Å². The van der Waals surface area contributed by atoms with E-state index in [2.05, 4.69) is 13.0 Å². The SMILES string of the molecule is Cc1ccc(OCCSCCC#N)cc1. The second-order valence-corrected chi connectivity index (χ2v) is 4.41. The van der Waals surface area contributed by atoms with Crippen molar-refractivity contribution in [1.29, 1.82) is 5.26 Å². The van der Waals surface area contributed by atoms with Crippen LogP contribution in [0.1, 0.15) is 12.0 Å². The van der Waals surface area contributed by atoms with Crippen molar-refractivity contribution in [2.24, 2.45) is 0 Å². The summed E-state index contributed by atoms with van der Waals surface area (Å²) in [5.41, 5.74) is 1.24. The lowest BCUT2D eigenvalue weighted by molar-refractivity contribution is 0.344. The Morgan fingerprint density at radius 2 is 2.00 bits per heavy atom. The highest BCUT2D eigenvalue weighted by Gasteiger charge is 1.93.